The molecule has 0 saturated heterocycles. The van der Waals surface area contributed by atoms with Crippen LogP contribution in [-0.4, -0.2) is 13.7 Å². The molecule has 0 atom stereocenters. The van der Waals surface area contributed by atoms with Gasteiger partial charge in [0, 0.05) is 0 Å². The Kier molecular flexibility index (Phi) is 6.80. The summed E-state index contributed by atoms with van der Waals surface area (Å²) in [4.78, 5) is 0. The van der Waals surface area contributed by atoms with Crippen LogP contribution in [0.15, 0.2) is 12.5 Å². The molecular formula is C7H14O2. The van der Waals surface area contributed by atoms with Crippen LogP contribution >= 0.6 is 0 Å². The third-order valence-corrected chi connectivity index (χ3v) is 0.904. The van der Waals surface area contributed by atoms with Crippen LogP contribution in [0, 0.1) is 0 Å². The van der Waals surface area contributed by atoms with E-state index >= 15 is 0 Å². The molecule has 0 aromatic rings. The van der Waals surface area contributed by atoms with Gasteiger partial charge in [0.1, 0.15) is 12.5 Å². The summed E-state index contributed by atoms with van der Waals surface area (Å²) in [6, 6.07) is 0. The van der Waals surface area contributed by atoms with Crippen molar-refractivity contribution in [3.05, 3.63) is 12.5 Å². The van der Waals surface area contributed by atoms with E-state index in [1.54, 1.807) is 13.4 Å². The van der Waals surface area contributed by atoms with Crippen molar-refractivity contribution in [3.63, 3.8) is 0 Å². The third-order valence-electron chi connectivity index (χ3n) is 0.904. The monoisotopic (exact) mass is 130 g/mol. The van der Waals surface area contributed by atoms with Crippen molar-refractivity contribution in [1.82, 2.24) is 0 Å². The highest BCUT2D eigenvalue weighted by Crippen LogP contribution is 1.87. The normalized spacial score (nSPS) is 10.0. The van der Waals surface area contributed by atoms with Crippen molar-refractivity contribution in [1.29, 1.82) is 0 Å². The molecule has 0 rings (SSSR count). The molecule has 0 radical (unpaired) electrons. The Morgan fingerprint density at radius 2 is 2.11 bits per heavy atom. The maximum atomic E-state index is 5.01. The summed E-state index contributed by atoms with van der Waals surface area (Å²) in [5.74, 6) is 0. The number of hydrogen-bond acceptors (Lipinski definition) is 2. The van der Waals surface area contributed by atoms with Crippen molar-refractivity contribution >= 4 is 0 Å². The first-order valence-corrected chi connectivity index (χ1v) is 3.21. The Balaban J connectivity index is 2.82. The summed E-state index contributed by atoms with van der Waals surface area (Å²) >= 11 is 0. The Bertz CT molecular complexity index is 69.3. The minimum absolute atomic E-state index is 0.788. The second-order valence-electron chi connectivity index (χ2n) is 1.73. The average molecular weight is 130 g/mol. The van der Waals surface area contributed by atoms with Gasteiger partial charge in [-0.3, -0.25) is 0 Å². The van der Waals surface area contributed by atoms with Gasteiger partial charge in [-0.25, -0.2) is 0 Å². The van der Waals surface area contributed by atoms with Crippen LogP contribution in [0.3, 0.4) is 0 Å². The summed E-state index contributed by atoms with van der Waals surface area (Å²) in [7, 11) is 1.60. The lowest BCUT2D eigenvalue weighted by atomic mass is 10.4. The maximum Gasteiger partial charge on any atom is 0.117 e. The smallest absolute Gasteiger partial charge is 0.117 e. The lowest BCUT2D eigenvalue weighted by Gasteiger charge is -1.95. The molecule has 0 unspecified atom stereocenters. The van der Waals surface area contributed by atoms with Crippen LogP contribution < -0.4 is 0 Å². The maximum absolute atomic E-state index is 5.01. The fourth-order valence-corrected chi connectivity index (χ4v) is 0.391. The van der Waals surface area contributed by atoms with Gasteiger partial charge in [-0.05, 0) is 6.42 Å². The molecule has 0 aliphatic rings. The molecule has 0 bridgehead atoms. The molecule has 2 heteroatoms. The molecule has 0 N–H and O–H groups in total. The first kappa shape index (κ1) is 8.34. The van der Waals surface area contributed by atoms with Gasteiger partial charge in [0.25, 0.3) is 0 Å². The zero-order valence-corrected chi connectivity index (χ0v) is 6.09. The summed E-state index contributed by atoms with van der Waals surface area (Å²) < 4.78 is 9.63. The fourth-order valence-electron chi connectivity index (χ4n) is 0.391. The topological polar surface area (TPSA) is 18.5 Å². The van der Waals surface area contributed by atoms with E-state index < -0.39 is 0 Å². The van der Waals surface area contributed by atoms with E-state index in [2.05, 4.69) is 11.7 Å². The van der Waals surface area contributed by atoms with Crippen molar-refractivity contribution in [3.8, 4) is 0 Å². The molecule has 0 spiro atoms. The summed E-state index contributed by atoms with van der Waals surface area (Å²) in [6.07, 6.45) is 5.36. The predicted octanol–water partition coefficient (Wildman–Crippen LogP) is 1.92. The summed E-state index contributed by atoms with van der Waals surface area (Å²) in [6.45, 7) is 2.92. The van der Waals surface area contributed by atoms with E-state index in [0.29, 0.717) is 0 Å². The fraction of sp³-hybridized carbons (Fsp3) is 0.714. The van der Waals surface area contributed by atoms with Crippen molar-refractivity contribution in [2.24, 2.45) is 0 Å². The van der Waals surface area contributed by atoms with E-state index in [9.17, 15) is 0 Å². The van der Waals surface area contributed by atoms with Crippen LogP contribution in [0.2, 0.25) is 0 Å². The highest BCUT2D eigenvalue weighted by atomic mass is 16.5. The third kappa shape index (κ3) is 7.34. The van der Waals surface area contributed by atoms with Gasteiger partial charge in [-0.2, -0.15) is 0 Å². The van der Waals surface area contributed by atoms with Gasteiger partial charge in [0.2, 0.25) is 0 Å². The van der Waals surface area contributed by atoms with Gasteiger partial charge < -0.3 is 9.47 Å². The second-order valence-corrected chi connectivity index (χ2v) is 1.73. The molecule has 0 aliphatic carbocycles. The predicted molar refractivity (Wildman–Crippen MR) is 37.0 cm³/mol. The highest BCUT2D eigenvalue weighted by molar-refractivity contribution is 4.58. The highest BCUT2D eigenvalue weighted by Gasteiger charge is 1.78. The molecule has 0 aromatic carbocycles. The second kappa shape index (κ2) is 7.34. The van der Waals surface area contributed by atoms with Gasteiger partial charge in [0.15, 0.2) is 0 Å². The van der Waals surface area contributed by atoms with Gasteiger partial charge in [-0.15, -0.1) is 0 Å². The zero-order valence-electron chi connectivity index (χ0n) is 6.09. The van der Waals surface area contributed by atoms with E-state index in [4.69, 9.17) is 4.74 Å². The first-order chi connectivity index (χ1) is 4.41. The first-order valence-electron chi connectivity index (χ1n) is 3.21. The van der Waals surface area contributed by atoms with Crippen molar-refractivity contribution in [2.45, 2.75) is 19.8 Å². The van der Waals surface area contributed by atoms with E-state index in [1.165, 1.54) is 12.7 Å². The average Bonchev–Trinajstić information content (AvgIpc) is 1.89. The van der Waals surface area contributed by atoms with E-state index in [-0.39, 0.29) is 0 Å². The molecular weight excluding hydrogens is 116 g/mol. The van der Waals surface area contributed by atoms with Gasteiger partial charge in [-0.1, -0.05) is 13.3 Å². The van der Waals surface area contributed by atoms with E-state index in [1.807, 2.05) is 0 Å². The summed E-state index contributed by atoms with van der Waals surface area (Å²) in [5.41, 5.74) is 0. The van der Waals surface area contributed by atoms with Crippen LogP contribution in [-0.2, 0) is 9.47 Å². The zero-order chi connectivity index (χ0) is 6.95. The lowest BCUT2D eigenvalue weighted by Crippen LogP contribution is -1.84. The van der Waals surface area contributed by atoms with Crippen LogP contribution in [0.25, 0.3) is 0 Å². The Morgan fingerprint density at radius 1 is 1.33 bits per heavy atom. The number of methoxy groups -OCH3 is 1. The molecule has 0 fully saturated rings. The number of rotatable bonds is 5. The molecule has 0 heterocycles. The van der Waals surface area contributed by atoms with Gasteiger partial charge >= 0.3 is 0 Å². The van der Waals surface area contributed by atoms with Crippen LogP contribution in [0.1, 0.15) is 19.8 Å². The van der Waals surface area contributed by atoms with E-state index in [0.717, 1.165) is 13.0 Å². The molecule has 0 amide bonds. The molecule has 0 aromatic heterocycles. The van der Waals surface area contributed by atoms with Crippen molar-refractivity contribution in [2.75, 3.05) is 13.7 Å². The largest absolute Gasteiger partial charge is 0.501 e. The standard InChI is InChI=1S/C7H14O2/c1-3-4-5-9-7-6-8-2/h6-7H,3-5H2,1-2H3. The summed E-state index contributed by atoms with van der Waals surface area (Å²) in [5, 5.41) is 0. The van der Waals surface area contributed by atoms with Gasteiger partial charge in [0.05, 0.1) is 13.7 Å². The molecule has 0 aliphatic heterocycles. The quantitative estimate of drug-likeness (QED) is 0.418. The number of hydrogen-bond donors (Lipinski definition) is 0. The van der Waals surface area contributed by atoms with Crippen LogP contribution in [0.4, 0.5) is 0 Å². The molecule has 0 saturated carbocycles. The molecule has 9 heavy (non-hydrogen) atoms. The minimum Gasteiger partial charge on any atom is -0.501 e. The Labute approximate surface area is 56.5 Å². The minimum atomic E-state index is 0.788. The Morgan fingerprint density at radius 3 is 2.67 bits per heavy atom. The Hall–Kier alpha value is -0.660. The number of ether oxygens (including phenoxy) is 2. The molecule has 54 valence electrons. The van der Waals surface area contributed by atoms with Crippen LogP contribution in [0.5, 0.6) is 0 Å². The SMILES string of the molecule is CCCCOC=COC. The number of unbranched alkanes of at least 4 members (excludes halogenated alkanes) is 1. The van der Waals surface area contributed by atoms with Crippen molar-refractivity contribution < 1.29 is 9.47 Å². The lowest BCUT2D eigenvalue weighted by molar-refractivity contribution is 0.223. The molecule has 2 nitrogen and oxygen atoms in total.